The van der Waals surface area contributed by atoms with Crippen LogP contribution < -0.4 is 21.1 Å². The van der Waals surface area contributed by atoms with E-state index in [1.165, 1.54) is 5.69 Å². The first-order chi connectivity index (χ1) is 10.2. The third-order valence-electron chi connectivity index (χ3n) is 3.74. The van der Waals surface area contributed by atoms with Crippen molar-refractivity contribution in [1.29, 1.82) is 0 Å². The van der Waals surface area contributed by atoms with E-state index in [0.29, 0.717) is 6.54 Å². The van der Waals surface area contributed by atoms with Gasteiger partial charge in [0.1, 0.15) is 5.75 Å². The third-order valence-corrected chi connectivity index (χ3v) is 3.74. The van der Waals surface area contributed by atoms with Crippen LogP contribution in [0.2, 0.25) is 0 Å². The molecular weight excluding hydrogens is 266 g/mol. The molecule has 6 heteroatoms. The van der Waals surface area contributed by atoms with Crippen molar-refractivity contribution in [2.24, 2.45) is 16.5 Å². The molecule has 0 saturated carbocycles. The molecule has 1 aromatic rings. The maximum absolute atomic E-state index is 5.31. The molecule has 0 spiro atoms. The lowest BCUT2D eigenvalue weighted by molar-refractivity contribution is 0.256. The number of hydrogen-bond acceptors (Lipinski definition) is 4. The summed E-state index contributed by atoms with van der Waals surface area (Å²) in [5.74, 6) is 1.08. The van der Waals surface area contributed by atoms with Crippen LogP contribution in [-0.4, -0.2) is 57.2 Å². The summed E-state index contributed by atoms with van der Waals surface area (Å²) in [5.41, 5.74) is 11.9. The Kier molecular flexibility index (Phi) is 5.68. The zero-order valence-corrected chi connectivity index (χ0v) is 12.7. The van der Waals surface area contributed by atoms with Crippen molar-refractivity contribution in [3.8, 4) is 5.75 Å². The number of hydrogen-bond donors (Lipinski definition) is 2. The normalized spacial score (nSPS) is 15.8. The molecule has 2 rings (SSSR count). The molecule has 1 saturated heterocycles. The molecule has 1 aromatic carbocycles. The van der Waals surface area contributed by atoms with E-state index in [0.717, 1.165) is 44.9 Å². The van der Waals surface area contributed by atoms with E-state index < -0.39 is 0 Å². The summed E-state index contributed by atoms with van der Waals surface area (Å²) in [4.78, 5) is 8.88. The lowest BCUT2D eigenvalue weighted by Gasteiger charge is -2.36. The first-order valence-corrected chi connectivity index (χ1v) is 7.36. The van der Waals surface area contributed by atoms with E-state index in [9.17, 15) is 0 Å². The van der Waals surface area contributed by atoms with Gasteiger partial charge in [0.2, 0.25) is 0 Å². The molecule has 21 heavy (non-hydrogen) atoms. The first-order valence-electron chi connectivity index (χ1n) is 7.36. The molecule has 1 fully saturated rings. The SMILES string of the molecule is COc1ccc(N2CCN(CCCN=C(N)N)CC2)cc1. The highest BCUT2D eigenvalue weighted by molar-refractivity contribution is 5.75. The molecule has 6 nitrogen and oxygen atoms in total. The minimum absolute atomic E-state index is 0.180. The number of aliphatic imine (C=N–C) groups is 1. The number of nitrogens with two attached hydrogens (primary N) is 2. The molecular formula is C15H25N5O. The summed E-state index contributed by atoms with van der Waals surface area (Å²) in [6.07, 6.45) is 1.00. The Morgan fingerprint density at radius 3 is 2.38 bits per heavy atom. The average molecular weight is 291 g/mol. The Morgan fingerprint density at radius 2 is 1.81 bits per heavy atom. The van der Waals surface area contributed by atoms with E-state index in [2.05, 4.69) is 26.9 Å². The maximum atomic E-state index is 5.31. The van der Waals surface area contributed by atoms with E-state index in [-0.39, 0.29) is 5.96 Å². The predicted molar refractivity (Wildman–Crippen MR) is 86.9 cm³/mol. The lowest BCUT2D eigenvalue weighted by atomic mass is 10.2. The van der Waals surface area contributed by atoms with Gasteiger partial charge in [0, 0.05) is 45.0 Å². The van der Waals surface area contributed by atoms with Crippen LogP contribution in [0.3, 0.4) is 0 Å². The average Bonchev–Trinajstić information content (AvgIpc) is 2.52. The fourth-order valence-corrected chi connectivity index (χ4v) is 2.53. The topological polar surface area (TPSA) is 80.1 Å². The fraction of sp³-hybridized carbons (Fsp3) is 0.533. The number of anilines is 1. The van der Waals surface area contributed by atoms with Crippen LogP contribution in [0.25, 0.3) is 0 Å². The second kappa shape index (κ2) is 7.73. The van der Waals surface area contributed by atoms with Gasteiger partial charge in [0.05, 0.1) is 7.11 Å². The van der Waals surface area contributed by atoms with Gasteiger partial charge in [-0.15, -0.1) is 0 Å². The summed E-state index contributed by atoms with van der Waals surface area (Å²) in [6.45, 7) is 6.01. The highest BCUT2D eigenvalue weighted by Gasteiger charge is 2.16. The second-order valence-electron chi connectivity index (χ2n) is 5.19. The predicted octanol–water partition coefficient (Wildman–Crippen LogP) is 0.481. The van der Waals surface area contributed by atoms with Gasteiger partial charge >= 0.3 is 0 Å². The van der Waals surface area contributed by atoms with Gasteiger partial charge in [-0.3, -0.25) is 9.89 Å². The molecule has 0 aliphatic carbocycles. The zero-order valence-electron chi connectivity index (χ0n) is 12.7. The van der Waals surface area contributed by atoms with Gasteiger partial charge in [-0.1, -0.05) is 0 Å². The van der Waals surface area contributed by atoms with Crippen LogP contribution in [-0.2, 0) is 0 Å². The highest BCUT2D eigenvalue weighted by atomic mass is 16.5. The number of guanidine groups is 1. The van der Waals surface area contributed by atoms with Gasteiger partial charge in [0.15, 0.2) is 5.96 Å². The Bertz CT molecular complexity index is 448. The van der Waals surface area contributed by atoms with Gasteiger partial charge in [0.25, 0.3) is 0 Å². The van der Waals surface area contributed by atoms with Crippen molar-refractivity contribution in [2.75, 3.05) is 51.3 Å². The Morgan fingerprint density at radius 1 is 1.14 bits per heavy atom. The first kappa shape index (κ1) is 15.4. The fourth-order valence-electron chi connectivity index (χ4n) is 2.53. The summed E-state index contributed by atoms with van der Waals surface area (Å²) >= 11 is 0. The molecule has 0 atom stereocenters. The van der Waals surface area contributed by atoms with Gasteiger partial charge < -0.3 is 21.1 Å². The molecule has 4 N–H and O–H groups in total. The molecule has 0 aromatic heterocycles. The lowest BCUT2D eigenvalue weighted by Crippen LogP contribution is -2.46. The van der Waals surface area contributed by atoms with Crippen LogP contribution in [0.5, 0.6) is 5.75 Å². The maximum Gasteiger partial charge on any atom is 0.185 e. The van der Waals surface area contributed by atoms with Crippen molar-refractivity contribution in [2.45, 2.75) is 6.42 Å². The van der Waals surface area contributed by atoms with E-state index in [1.807, 2.05) is 12.1 Å². The summed E-state index contributed by atoms with van der Waals surface area (Å²) in [6, 6.07) is 8.26. The summed E-state index contributed by atoms with van der Waals surface area (Å²) < 4.78 is 5.19. The molecule has 1 aliphatic heterocycles. The Labute approximate surface area is 126 Å². The number of benzene rings is 1. The largest absolute Gasteiger partial charge is 0.497 e. The molecule has 1 heterocycles. The van der Waals surface area contributed by atoms with Crippen molar-refractivity contribution in [3.63, 3.8) is 0 Å². The smallest absolute Gasteiger partial charge is 0.185 e. The quantitative estimate of drug-likeness (QED) is 0.453. The molecule has 1 aliphatic rings. The molecule has 0 radical (unpaired) electrons. The molecule has 0 bridgehead atoms. The summed E-state index contributed by atoms with van der Waals surface area (Å²) in [5, 5.41) is 0. The third kappa shape index (κ3) is 4.82. The van der Waals surface area contributed by atoms with Crippen LogP contribution >= 0.6 is 0 Å². The minimum atomic E-state index is 0.180. The van der Waals surface area contributed by atoms with Crippen molar-refractivity contribution >= 4 is 11.6 Å². The Balaban J connectivity index is 1.73. The number of piperazine rings is 1. The molecule has 0 amide bonds. The number of ether oxygens (including phenoxy) is 1. The van der Waals surface area contributed by atoms with E-state index in [1.54, 1.807) is 7.11 Å². The molecule has 0 unspecified atom stereocenters. The van der Waals surface area contributed by atoms with Crippen molar-refractivity contribution in [1.82, 2.24) is 4.90 Å². The highest BCUT2D eigenvalue weighted by Crippen LogP contribution is 2.20. The minimum Gasteiger partial charge on any atom is -0.497 e. The number of methoxy groups -OCH3 is 1. The van der Waals surface area contributed by atoms with Gasteiger partial charge in [-0.2, -0.15) is 0 Å². The Hall–Kier alpha value is -1.95. The summed E-state index contributed by atoms with van der Waals surface area (Å²) in [7, 11) is 1.69. The van der Waals surface area contributed by atoms with Crippen LogP contribution in [0.4, 0.5) is 5.69 Å². The molecule has 116 valence electrons. The zero-order chi connectivity index (χ0) is 15.1. The van der Waals surface area contributed by atoms with E-state index >= 15 is 0 Å². The van der Waals surface area contributed by atoms with Crippen molar-refractivity contribution < 1.29 is 4.74 Å². The monoisotopic (exact) mass is 291 g/mol. The van der Waals surface area contributed by atoms with Crippen molar-refractivity contribution in [3.05, 3.63) is 24.3 Å². The van der Waals surface area contributed by atoms with Gasteiger partial charge in [-0.25, -0.2) is 0 Å². The van der Waals surface area contributed by atoms with E-state index in [4.69, 9.17) is 16.2 Å². The second-order valence-corrected chi connectivity index (χ2v) is 5.19. The van der Waals surface area contributed by atoms with Crippen LogP contribution in [0.15, 0.2) is 29.3 Å². The number of rotatable bonds is 6. The van der Waals surface area contributed by atoms with Gasteiger partial charge in [-0.05, 0) is 30.7 Å². The number of nitrogens with zero attached hydrogens (tertiary/aromatic N) is 3. The van der Waals surface area contributed by atoms with Crippen LogP contribution in [0.1, 0.15) is 6.42 Å². The standard InChI is InChI=1S/C15H25N5O/c1-21-14-5-3-13(4-6-14)20-11-9-19(10-12-20)8-2-7-18-15(16)17/h3-6H,2,7-12H2,1H3,(H4,16,17,18). The van der Waals surface area contributed by atoms with Crippen LogP contribution in [0, 0.1) is 0 Å².